The summed E-state index contributed by atoms with van der Waals surface area (Å²) in [7, 11) is 4.20. The summed E-state index contributed by atoms with van der Waals surface area (Å²) < 4.78 is 2.33. The fourth-order valence-corrected chi connectivity index (χ4v) is 4.59. The summed E-state index contributed by atoms with van der Waals surface area (Å²) in [6.45, 7) is 4.84. The van der Waals surface area contributed by atoms with Crippen molar-refractivity contribution >= 4 is 12.8 Å². The van der Waals surface area contributed by atoms with E-state index in [-0.39, 0.29) is 24.8 Å². The van der Waals surface area contributed by atoms with Crippen molar-refractivity contribution in [3.8, 4) is 0 Å². The molecular formula is C14H24Cl2N2SiTi. The van der Waals surface area contributed by atoms with Gasteiger partial charge >= 0.3 is 47.7 Å². The van der Waals surface area contributed by atoms with Gasteiger partial charge in [0.2, 0.25) is 0 Å². The first-order valence-electron chi connectivity index (χ1n) is 6.46. The summed E-state index contributed by atoms with van der Waals surface area (Å²) in [5.41, 5.74) is 1.57. The molecule has 1 aromatic rings. The predicted octanol–water partition coefficient (Wildman–Crippen LogP) is -3.87. The molecule has 0 spiro atoms. The third-order valence-electron chi connectivity index (χ3n) is 2.95. The molecule has 20 heavy (non-hydrogen) atoms. The topological polar surface area (TPSA) is 15.8 Å². The summed E-state index contributed by atoms with van der Waals surface area (Å²) in [6, 6.07) is 4.01. The van der Waals surface area contributed by atoms with E-state index in [1.54, 1.807) is 5.70 Å². The third-order valence-corrected chi connectivity index (χ3v) is 5.08. The number of allylic oxidation sites excluding steroid dienone is 3. The predicted molar refractivity (Wildman–Crippen MR) is 78.1 cm³/mol. The Morgan fingerprint density at radius 1 is 1.30 bits per heavy atom. The Labute approximate surface area is 149 Å². The van der Waals surface area contributed by atoms with Crippen LogP contribution in [0.25, 0.3) is 0 Å². The minimum atomic E-state index is -0.448. The molecule has 1 heterocycles. The number of halogens is 2. The first kappa shape index (κ1) is 22.5. The summed E-state index contributed by atoms with van der Waals surface area (Å²) in [4.78, 5) is 3.00. The molecule has 1 aliphatic rings. The second-order valence-electron chi connectivity index (χ2n) is 5.64. The van der Waals surface area contributed by atoms with Crippen molar-refractivity contribution in [1.82, 2.24) is 4.98 Å². The van der Waals surface area contributed by atoms with Gasteiger partial charge in [-0.3, -0.25) is 0 Å². The Hall–Kier alpha value is 0.231. The van der Waals surface area contributed by atoms with Crippen molar-refractivity contribution in [2.24, 2.45) is 0 Å². The number of aromatic nitrogens is 1. The van der Waals surface area contributed by atoms with Gasteiger partial charge in [-0.05, 0) is 6.08 Å². The van der Waals surface area contributed by atoms with Crippen LogP contribution in [0.4, 0.5) is 0 Å². The monoisotopic (exact) mass is 366 g/mol. The van der Waals surface area contributed by atoms with Crippen molar-refractivity contribution in [3.05, 3.63) is 42.3 Å². The SMILES string of the molecule is C[SiH](C)C[N+](C)(C)C1=CC=CC1.[Cl-].[Cl-].[Ti+][c]1ccc[nH]1. The van der Waals surface area contributed by atoms with Gasteiger partial charge in [0.15, 0.2) is 0 Å². The summed E-state index contributed by atoms with van der Waals surface area (Å²) in [6.07, 6.45) is 11.1. The molecule has 0 aliphatic heterocycles. The van der Waals surface area contributed by atoms with Crippen LogP contribution in [-0.4, -0.2) is 38.5 Å². The average molecular weight is 367 g/mol. The van der Waals surface area contributed by atoms with Gasteiger partial charge in [-0.2, -0.15) is 0 Å². The van der Waals surface area contributed by atoms with Gasteiger partial charge in [0.1, 0.15) is 5.70 Å². The maximum absolute atomic E-state index is 3.00. The molecule has 0 saturated heterocycles. The fourth-order valence-electron chi connectivity index (χ4n) is 2.25. The normalized spacial score (nSPS) is 12.9. The molecule has 2 nitrogen and oxygen atoms in total. The van der Waals surface area contributed by atoms with E-state index in [2.05, 4.69) is 50.4 Å². The number of nitrogens with one attached hydrogen (secondary N) is 1. The van der Waals surface area contributed by atoms with E-state index < -0.39 is 8.80 Å². The number of quaternary nitrogens is 1. The van der Waals surface area contributed by atoms with Gasteiger partial charge in [-0.15, -0.1) is 0 Å². The number of H-pyrrole nitrogens is 1. The average Bonchev–Trinajstić information content (AvgIpc) is 2.87. The van der Waals surface area contributed by atoms with E-state index >= 15 is 0 Å². The third kappa shape index (κ3) is 8.50. The summed E-state index contributed by atoms with van der Waals surface area (Å²) in [5.74, 6) is 0. The number of hydrogen-bond donors (Lipinski definition) is 1. The van der Waals surface area contributed by atoms with Gasteiger partial charge < -0.3 is 29.3 Å². The molecular weight excluding hydrogens is 343 g/mol. The van der Waals surface area contributed by atoms with Crippen LogP contribution in [-0.2, 0) is 20.4 Å². The zero-order valence-corrected chi connectivity index (χ0v) is 16.9. The molecule has 0 saturated carbocycles. The number of aromatic amines is 1. The maximum atomic E-state index is 3.00. The standard InChI is InChI=1S/C10H20NSi.C4H4N.2ClH.Ti/c1-11(2,9-12(3)4)10-7-5-6-8-10;1-2-4-5-3-1;;;/h5-7,12H,8-9H2,1-4H3;1-3,5H;2*1H;/q+1;;;;+1/p-2. The van der Waals surface area contributed by atoms with E-state index in [1.165, 1.54) is 10.2 Å². The molecule has 112 valence electrons. The van der Waals surface area contributed by atoms with Gasteiger partial charge in [0, 0.05) is 6.42 Å². The molecule has 0 radical (unpaired) electrons. The number of hydrogen-bond acceptors (Lipinski definition) is 0. The van der Waals surface area contributed by atoms with Crippen molar-refractivity contribution in [2.75, 3.05) is 20.3 Å². The quantitative estimate of drug-likeness (QED) is 0.416. The van der Waals surface area contributed by atoms with Crippen molar-refractivity contribution in [1.29, 1.82) is 0 Å². The zero-order chi connectivity index (χ0) is 13.6. The van der Waals surface area contributed by atoms with Crippen LogP contribution in [0.15, 0.2) is 42.3 Å². The zero-order valence-electron chi connectivity index (χ0n) is 12.7. The first-order chi connectivity index (χ1) is 8.42. The van der Waals surface area contributed by atoms with Crippen LogP contribution in [0.5, 0.6) is 0 Å². The van der Waals surface area contributed by atoms with E-state index in [1.807, 2.05) is 38.8 Å². The van der Waals surface area contributed by atoms with E-state index in [4.69, 9.17) is 0 Å². The molecule has 6 heteroatoms. The van der Waals surface area contributed by atoms with Crippen LogP contribution in [0.1, 0.15) is 6.42 Å². The van der Waals surface area contributed by atoms with Gasteiger partial charge in [-0.1, -0.05) is 25.2 Å². The number of rotatable bonds is 3. The minimum absolute atomic E-state index is 0. The van der Waals surface area contributed by atoms with E-state index in [0.29, 0.717) is 0 Å². The molecule has 1 aliphatic carbocycles. The van der Waals surface area contributed by atoms with Gasteiger partial charge in [0.25, 0.3) is 0 Å². The number of nitrogens with zero attached hydrogens (tertiary/aromatic N) is 1. The molecule has 0 unspecified atom stereocenters. The van der Waals surface area contributed by atoms with E-state index in [9.17, 15) is 0 Å². The Kier molecular flexibility index (Phi) is 12.3. The first-order valence-corrected chi connectivity index (χ1v) is 10.4. The molecule has 0 atom stereocenters. The van der Waals surface area contributed by atoms with Crippen LogP contribution < -0.4 is 28.8 Å². The molecule has 0 bridgehead atoms. The van der Waals surface area contributed by atoms with Crippen LogP contribution in [0.2, 0.25) is 13.1 Å². The van der Waals surface area contributed by atoms with Gasteiger partial charge in [-0.25, -0.2) is 0 Å². The molecule has 0 fully saturated rings. The molecule has 2 rings (SSSR count). The van der Waals surface area contributed by atoms with Crippen LogP contribution >= 0.6 is 0 Å². The van der Waals surface area contributed by atoms with Crippen LogP contribution in [0.3, 0.4) is 0 Å². The van der Waals surface area contributed by atoms with Crippen LogP contribution in [0, 0.1) is 0 Å². The molecule has 1 N–H and O–H groups in total. The summed E-state index contributed by atoms with van der Waals surface area (Å²) in [5, 5.41) is 0. The second-order valence-corrected chi connectivity index (χ2v) is 9.63. The second kappa shape index (κ2) is 10.9. The Morgan fingerprint density at radius 2 is 1.95 bits per heavy atom. The molecule has 1 aromatic heterocycles. The van der Waals surface area contributed by atoms with Crippen molar-refractivity contribution in [3.63, 3.8) is 0 Å². The Balaban J connectivity index is 0. The van der Waals surface area contributed by atoms with E-state index in [0.717, 1.165) is 10.9 Å². The van der Waals surface area contributed by atoms with Crippen molar-refractivity contribution < 1.29 is 49.7 Å². The molecule has 0 amide bonds. The Bertz CT molecular complexity index is 415. The van der Waals surface area contributed by atoms with Crippen molar-refractivity contribution in [2.45, 2.75) is 19.5 Å². The fraction of sp³-hybridized carbons (Fsp3) is 0.429. The Morgan fingerprint density at radius 3 is 2.25 bits per heavy atom. The summed E-state index contributed by atoms with van der Waals surface area (Å²) >= 11 is 2.03. The van der Waals surface area contributed by atoms with Gasteiger partial charge in [0.05, 0.1) is 29.1 Å². The molecule has 0 aromatic carbocycles.